The van der Waals surface area contributed by atoms with E-state index in [9.17, 15) is 4.79 Å². The van der Waals surface area contributed by atoms with Crippen molar-refractivity contribution in [3.63, 3.8) is 0 Å². The van der Waals surface area contributed by atoms with Crippen molar-refractivity contribution in [3.8, 4) is 17.0 Å². The number of aromatic nitrogens is 3. The molecule has 0 radical (unpaired) electrons. The molecular formula is C25H24N4O4. The fraction of sp³-hybridized carbons (Fsp3) is 0.160. The first-order valence-electron chi connectivity index (χ1n) is 10.1. The number of ether oxygens (including phenoxy) is 1. The lowest BCUT2D eigenvalue weighted by atomic mass is 10.0. The Morgan fingerprint density at radius 2 is 1.88 bits per heavy atom. The van der Waals surface area contributed by atoms with E-state index < -0.39 is 0 Å². The molecule has 0 fully saturated rings. The van der Waals surface area contributed by atoms with E-state index in [1.54, 1.807) is 25.3 Å². The average molecular weight is 444 g/mol. The standard InChI is InChI=1S/C24H22N4O2.CH2O2/c1-16-12-21(27-15-26-16)17-6-4-7-18(13-17)24(29)28(2)14-19-9-10-22(30-3)23-20(19)8-5-11-25-23;2-1-3/h4-13,15H,14H2,1-3H3;1H,(H,2,3). The number of benzene rings is 2. The van der Waals surface area contributed by atoms with Gasteiger partial charge in [0.15, 0.2) is 0 Å². The van der Waals surface area contributed by atoms with Crippen LogP contribution in [0.5, 0.6) is 5.75 Å². The van der Waals surface area contributed by atoms with E-state index in [2.05, 4.69) is 15.0 Å². The molecule has 0 aliphatic carbocycles. The molecule has 2 heterocycles. The van der Waals surface area contributed by atoms with Gasteiger partial charge in [-0.3, -0.25) is 14.6 Å². The average Bonchev–Trinajstić information content (AvgIpc) is 2.84. The van der Waals surface area contributed by atoms with Crippen LogP contribution in [0.25, 0.3) is 22.2 Å². The summed E-state index contributed by atoms with van der Waals surface area (Å²) in [5, 5.41) is 7.86. The van der Waals surface area contributed by atoms with E-state index in [1.165, 1.54) is 6.33 Å². The molecule has 168 valence electrons. The number of methoxy groups -OCH3 is 1. The minimum atomic E-state index is -0.250. The molecule has 0 atom stereocenters. The molecule has 0 bridgehead atoms. The predicted molar refractivity (Wildman–Crippen MR) is 125 cm³/mol. The molecule has 2 aromatic heterocycles. The van der Waals surface area contributed by atoms with Gasteiger partial charge in [0.05, 0.1) is 12.8 Å². The van der Waals surface area contributed by atoms with Crippen molar-refractivity contribution in [3.05, 3.63) is 83.9 Å². The Morgan fingerprint density at radius 3 is 2.61 bits per heavy atom. The monoisotopic (exact) mass is 444 g/mol. The minimum absolute atomic E-state index is 0.0597. The highest BCUT2D eigenvalue weighted by Gasteiger charge is 2.16. The van der Waals surface area contributed by atoms with Crippen LogP contribution in [0, 0.1) is 6.92 Å². The molecule has 8 nitrogen and oxygen atoms in total. The molecular weight excluding hydrogens is 420 g/mol. The summed E-state index contributed by atoms with van der Waals surface area (Å²) in [6.45, 7) is 2.13. The number of amides is 1. The number of rotatable bonds is 5. The Morgan fingerprint density at radius 1 is 1.09 bits per heavy atom. The topological polar surface area (TPSA) is 106 Å². The molecule has 0 saturated carbocycles. The molecule has 0 unspecified atom stereocenters. The van der Waals surface area contributed by atoms with Crippen molar-refractivity contribution in [2.45, 2.75) is 13.5 Å². The number of nitrogens with zero attached hydrogens (tertiary/aromatic N) is 4. The number of aryl methyl sites for hydroxylation is 1. The van der Waals surface area contributed by atoms with Gasteiger partial charge in [0, 0.05) is 42.0 Å². The van der Waals surface area contributed by atoms with Crippen molar-refractivity contribution in [1.29, 1.82) is 0 Å². The van der Waals surface area contributed by atoms with Gasteiger partial charge in [0.2, 0.25) is 0 Å². The molecule has 1 amide bonds. The van der Waals surface area contributed by atoms with Crippen molar-refractivity contribution in [2.24, 2.45) is 0 Å². The number of hydrogen-bond donors (Lipinski definition) is 1. The lowest BCUT2D eigenvalue weighted by molar-refractivity contribution is -0.122. The normalized spacial score (nSPS) is 10.2. The van der Waals surface area contributed by atoms with Crippen LogP contribution in [-0.4, -0.2) is 51.5 Å². The maximum atomic E-state index is 13.1. The van der Waals surface area contributed by atoms with Crippen LogP contribution in [0.4, 0.5) is 0 Å². The zero-order valence-corrected chi connectivity index (χ0v) is 18.6. The summed E-state index contributed by atoms with van der Waals surface area (Å²) in [4.78, 5) is 36.1. The highest BCUT2D eigenvalue weighted by Crippen LogP contribution is 2.27. The summed E-state index contributed by atoms with van der Waals surface area (Å²) >= 11 is 0. The van der Waals surface area contributed by atoms with Gasteiger partial charge in [-0.05, 0) is 42.8 Å². The fourth-order valence-electron chi connectivity index (χ4n) is 3.48. The van der Waals surface area contributed by atoms with Crippen LogP contribution in [-0.2, 0) is 11.3 Å². The Kier molecular flexibility index (Phi) is 7.64. The molecule has 0 aliphatic rings. The van der Waals surface area contributed by atoms with Crippen LogP contribution >= 0.6 is 0 Å². The van der Waals surface area contributed by atoms with E-state index in [0.29, 0.717) is 12.1 Å². The minimum Gasteiger partial charge on any atom is -0.494 e. The Hall–Kier alpha value is -4.33. The number of carbonyl (C=O) groups excluding carboxylic acids is 1. The summed E-state index contributed by atoms with van der Waals surface area (Å²) in [6.07, 6.45) is 3.28. The van der Waals surface area contributed by atoms with E-state index in [0.717, 1.165) is 39.2 Å². The van der Waals surface area contributed by atoms with Crippen LogP contribution in [0.1, 0.15) is 21.6 Å². The van der Waals surface area contributed by atoms with Gasteiger partial charge in [0.25, 0.3) is 12.4 Å². The molecule has 2 aromatic carbocycles. The summed E-state index contributed by atoms with van der Waals surface area (Å²) in [7, 11) is 3.43. The van der Waals surface area contributed by atoms with Gasteiger partial charge in [-0.25, -0.2) is 9.97 Å². The Labute approximate surface area is 191 Å². The second-order valence-electron chi connectivity index (χ2n) is 7.22. The van der Waals surface area contributed by atoms with Crippen molar-refractivity contribution >= 4 is 23.3 Å². The summed E-state index contributed by atoms with van der Waals surface area (Å²) in [5.74, 6) is 0.659. The molecule has 0 spiro atoms. The summed E-state index contributed by atoms with van der Waals surface area (Å²) in [5.41, 5.74) is 4.98. The first-order valence-corrected chi connectivity index (χ1v) is 10.1. The number of hydrogen-bond acceptors (Lipinski definition) is 6. The lowest BCUT2D eigenvalue weighted by Gasteiger charge is -2.19. The first-order chi connectivity index (χ1) is 16.0. The highest BCUT2D eigenvalue weighted by molar-refractivity contribution is 5.95. The zero-order chi connectivity index (χ0) is 23.8. The van der Waals surface area contributed by atoms with Crippen molar-refractivity contribution in [2.75, 3.05) is 14.2 Å². The summed E-state index contributed by atoms with van der Waals surface area (Å²) in [6, 6.07) is 17.2. The lowest BCUT2D eigenvalue weighted by Crippen LogP contribution is -2.26. The summed E-state index contributed by atoms with van der Waals surface area (Å²) < 4.78 is 5.41. The quantitative estimate of drug-likeness (QED) is 0.464. The van der Waals surface area contributed by atoms with E-state index in [-0.39, 0.29) is 12.4 Å². The fourth-order valence-corrected chi connectivity index (χ4v) is 3.48. The molecule has 33 heavy (non-hydrogen) atoms. The molecule has 4 rings (SSSR count). The second kappa shape index (κ2) is 10.8. The number of carbonyl (C=O) groups is 2. The van der Waals surface area contributed by atoms with Gasteiger partial charge in [-0.15, -0.1) is 0 Å². The predicted octanol–water partition coefficient (Wildman–Crippen LogP) is 3.98. The largest absolute Gasteiger partial charge is 0.494 e. The van der Waals surface area contributed by atoms with Gasteiger partial charge in [0.1, 0.15) is 17.6 Å². The third-order valence-corrected chi connectivity index (χ3v) is 5.01. The molecule has 0 aliphatic heterocycles. The molecule has 1 N–H and O–H groups in total. The maximum Gasteiger partial charge on any atom is 0.290 e. The van der Waals surface area contributed by atoms with E-state index >= 15 is 0 Å². The highest BCUT2D eigenvalue weighted by atomic mass is 16.5. The Bertz CT molecular complexity index is 1280. The smallest absolute Gasteiger partial charge is 0.290 e. The number of pyridine rings is 1. The third-order valence-electron chi connectivity index (χ3n) is 5.01. The van der Waals surface area contributed by atoms with Crippen molar-refractivity contribution in [1.82, 2.24) is 19.9 Å². The third kappa shape index (κ3) is 5.48. The van der Waals surface area contributed by atoms with Crippen LogP contribution in [0.3, 0.4) is 0 Å². The second-order valence-corrected chi connectivity index (χ2v) is 7.22. The van der Waals surface area contributed by atoms with E-state index in [4.69, 9.17) is 14.6 Å². The number of fused-ring (bicyclic) bond motifs is 1. The van der Waals surface area contributed by atoms with Gasteiger partial charge in [-0.2, -0.15) is 0 Å². The maximum absolute atomic E-state index is 13.1. The molecule has 8 heteroatoms. The molecule has 0 saturated heterocycles. The number of carboxylic acid groups (broad SMARTS) is 1. The van der Waals surface area contributed by atoms with Crippen LogP contribution in [0.2, 0.25) is 0 Å². The van der Waals surface area contributed by atoms with Crippen molar-refractivity contribution < 1.29 is 19.4 Å². The van der Waals surface area contributed by atoms with Crippen LogP contribution in [0.15, 0.2) is 67.1 Å². The van der Waals surface area contributed by atoms with Crippen LogP contribution < -0.4 is 4.74 Å². The van der Waals surface area contributed by atoms with Gasteiger partial charge < -0.3 is 14.7 Å². The van der Waals surface area contributed by atoms with E-state index in [1.807, 2.05) is 61.5 Å². The van der Waals surface area contributed by atoms with Gasteiger partial charge >= 0.3 is 0 Å². The SMILES string of the molecule is COc1ccc(CN(C)C(=O)c2cccc(-c3cc(C)ncn3)c2)c2cccnc12.O=CO. The molecule has 4 aromatic rings. The van der Waals surface area contributed by atoms with Gasteiger partial charge in [-0.1, -0.05) is 24.3 Å². The first kappa shape index (κ1) is 23.3. The Balaban J connectivity index is 0.000000968. The zero-order valence-electron chi connectivity index (χ0n) is 18.6.